The van der Waals surface area contributed by atoms with E-state index < -0.39 is 0 Å². The molecule has 0 bridgehead atoms. The molecular weight excluding hydrogens is 627 g/mol. The molecule has 0 fully saturated rings. The lowest BCUT2D eigenvalue weighted by Gasteiger charge is -2.11. The van der Waals surface area contributed by atoms with Crippen LogP contribution in [0.3, 0.4) is 0 Å². The molecule has 0 amide bonds. The Kier molecular flexibility index (Phi) is 5.86. The molecule has 238 valence electrons. The number of para-hydroxylation sites is 3. The standard InChI is InChI=1S/C45H27N5O/c1-4-14-28(15-5-1)43-46-44(29-16-6-2-7-17-29)48-45(47-43)50-36-26-25-35-39(31-20-10-12-22-34(31)49(35)30-18-8-3-9-19-30)40(36)33-24-27-38-41(42(33)50)32-21-11-13-23-37(32)51-38/h1-27H. The zero-order chi connectivity index (χ0) is 33.5. The monoisotopic (exact) mass is 653 g/mol. The van der Waals surface area contributed by atoms with Crippen LogP contribution in [-0.4, -0.2) is 24.1 Å². The Hall–Kier alpha value is -7.05. The van der Waals surface area contributed by atoms with Crippen molar-refractivity contribution in [3.63, 3.8) is 0 Å². The number of hydrogen-bond donors (Lipinski definition) is 0. The van der Waals surface area contributed by atoms with Gasteiger partial charge in [-0.2, -0.15) is 9.97 Å². The van der Waals surface area contributed by atoms with E-state index in [9.17, 15) is 0 Å². The number of benzene rings is 7. The average molecular weight is 654 g/mol. The van der Waals surface area contributed by atoms with Crippen molar-refractivity contribution in [1.29, 1.82) is 0 Å². The third kappa shape index (κ3) is 4.07. The van der Waals surface area contributed by atoms with Gasteiger partial charge in [-0.1, -0.05) is 115 Å². The average Bonchev–Trinajstić information content (AvgIpc) is 3.86. The molecule has 6 nitrogen and oxygen atoms in total. The van der Waals surface area contributed by atoms with Crippen LogP contribution >= 0.6 is 0 Å². The molecule has 0 N–H and O–H groups in total. The lowest BCUT2D eigenvalue weighted by atomic mass is 10.0. The largest absolute Gasteiger partial charge is 0.456 e. The van der Waals surface area contributed by atoms with Gasteiger partial charge in [0.1, 0.15) is 11.2 Å². The topological polar surface area (TPSA) is 61.7 Å². The predicted molar refractivity (Wildman–Crippen MR) is 207 cm³/mol. The zero-order valence-electron chi connectivity index (χ0n) is 27.2. The Balaban J connectivity index is 1.35. The minimum Gasteiger partial charge on any atom is -0.456 e. The number of nitrogens with zero attached hydrogens (tertiary/aromatic N) is 5. The van der Waals surface area contributed by atoms with Gasteiger partial charge >= 0.3 is 0 Å². The van der Waals surface area contributed by atoms with Crippen molar-refractivity contribution in [1.82, 2.24) is 24.1 Å². The number of fused-ring (bicyclic) bond motifs is 11. The highest BCUT2D eigenvalue weighted by Gasteiger charge is 2.25. The van der Waals surface area contributed by atoms with Crippen molar-refractivity contribution in [3.8, 4) is 34.4 Å². The second-order valence-electron chi connectivity index (χ2n) is 12.8. The quantitative estimate of drug-likeness (QED) is 0.190. The summed E-state index contributed by atoms with van der Waals surface area (Å²) in [7, 11) is 0. The summed E-state index contributed by atoms with van der Waals surface area (Å²) >= 11 is 0. The van der Waals surface area contributed by atoms with Gasteiger partial charge in [0.25, 0.3) is 0 Å². The summed E-state index contributed by atoms with van der Waals surface area (Å²) in [5, 5.41) is 6.69. The van der Waals surface area contributed by atoms with Gasteiger partial charge in [-0.15, -0.1) is 0 Å². The third-order valence-corrected chi connectivity index (χ3v) is 9.97. The first-order chi connectivity index (χ1) is 25.3. The molecule has 0 spiro atoms. The van der Waals surface area contributed by atoms with E-state index in [4.69, 9.17) is 19.4 Å². The summed E-state index contributed by atoms with van der Waals surface area (Å²) in [6.45, 7) is 0. The molecule has 0 unspecified atom stereocenters. The highest BCUT2D eigenvalue weighted by molar-refractivity contribution is 6.33. The highest BCUT2D eigenvalue weighted by Crippen LogP contribution is 2.45. The molecule has 4 heterocycles. The smallest absolute Gasteiger partial charge is 0.238 e. The first kappa shape index (κ1) is 27.9. The maximum Gasteiger partial charge on any atom is 0.238 e. The van der Waals surface area contributed by atoms with Crippen molar-refractivity contribution in [3.05, 3.63) is 164 Å². The molecule has 0 radical (unpaired) electrons. The third-order valence-electron chi connectivity index (χ3n) is 9.97. The van der Waals surface area contributed by atoms with E-state index in [1.54, 1.807) is 0 Å². The Morgan fingerprint density at radius 3 is 1.65 bits per heavy atom. The molecule has 0 aliphatic heterocycles. The molecule has 51 heavy (non-hydrogen) atoms. The number of rotatable bonds is 4. The Morgan fingerprint density at radius 2 is 0.941 bits per heavy atom. The van der Waals surface area contributed by atoms with Crippen LogP contribution in [0.4, 0.5) is 0 Å². The molecule has 0 saturated heterocycles. The fourth-order valence-corrected chi connectivity index (χ4v) is 7.82. The van der Waals surface area contributed by atoms with Crippen molar-refractivity contribution in [2.45, 2.75) is 0 Å². The molecule has 6 heteroatoms. The van der Waals surface area contributed by atoms with Gasteiger partial charge < -0.3 is 8.98 Å². The minimum absolute atomic E-state index is 0.548. The van der Waals surface area contributed by atoms with Gasteiger partial charge in [0.2, 0.25) is 5.95 Å². The minimum atomic E-state index is 0.548. The SMILES string of the molecule is c1ccc(-c2nc(-c3ccccc3)nc(-n3c4ccc5c(c6ccccc6n5-c5ccccc5)c4c4ccc5oc6ccccc6c5c43)n2)cc1. The number of furan rings is 1. The lowest BCUT2D eigenvalue weighted by Crippen LogP contribution is -2.06. The van der Waals surface area contributed by atoms with Gasteiger partial charge in [0, 0.05) is 43.7 Å². The van der Waals surface area contributed by atoms with E-state index in [1.807, 2.05) is 72.8 Å². The van der Waals surface area contributed by atoms with Gasteiger partial charge in [-0.3, -0.25) is 4.57 Å². The second-order valence-corrected chi connectivity index (χ2v) is 12.8. The van der Waals surface area contributed by atoms with Crippen LogP contribution in [0.25, 0.3) is 100.0 Å². The number of aromatic nitrogens is 5. The molecule has 4 aromatic heterocycles. The van der Waals surface area contributed by atoms with Crippen LogP contribution in [0.2, 0.25) is 0 Å². The van der Waals surface area contributed by atoms with E-state index >= 15 is 0 Å². The molecule has 0 aliphatic carbocycles. The summed E-state index contributed by atoms with van der Waals surface area (Å²) in [6.07, 6.45) is 0. The van der Waals surface area contributed by atoms with Crippen molar-refractivity contribution >= 4 is 65.6 Å². The maximum absolute atomic E-state index is 6.48. The molecule has 11 rings (SSSR count). The zero-order valence-corrected chi connectivity index (χ0v) is 27.2. The normalized spacial score (nSPS) is 11.9. The van der Waals surface area contributed by atoms with Crippen molar-refractivity contribution in [2.75, 3.05) is 0 Å². The summed E-state index contributed by atoms with van der Waals surface area (Å²) in [6, 6.07) is 56.5. The Labute approximate surface area is 291 Å². The fraction of sp³-hybridized carbons (Fsp3) is 0. The molecule has 0 saturated carbocycles. The van der Waals surface area contributed by atoms with Gasteiger partial charge in [-0.25, -0.2) is 4.98 Å². The first-order valence-electron chi connectivity index (χ1n) is 17.0. The molecule has 0 aliphatic rings. The Bertz CT molecular complexity index is 3060. The van der Waals surface area contributed by atoms with E-state index in [2.05, 4.69) is 100 Å². The predicted octanol–water partition coefficient (Wildman–Crippen LogP) is 11.3. The lowest BCUT2D eigenvalue weighted by molar-refractivity contribution is 0.669. The summed E-state index contributed by atoms with van der Waals surface area (Å²) < 4.78 is 11.1. The van der Waals surface area contributed by atoms with Crippen LogP contribution < -0.4 is 0 Å². The van der Waals surface area contributed by atoms with Crippen molar-refractivity contribution < 1.29 is 4.42 Å². The van der Waals surface area contributed by atoms with Gasteiger partial charge in [0.05, 0.1) is 27.5 Å². The van der Waals surface area contributed by atoms with Crippen LogP contribution in [-0.2, 0) is 0 Å². The summed E-state index contributed by atoms with van der Waals surface area (Å²) in [5.74, 6) is 1.77. The van der Waals surface area contributed by atoms with Crippen LogP contribution in [0.5, 0.6) is 0 Å². The van der Waals surface area contributed by atoms with Gasteiger partial charge in [0.15, 0.2) is 11.6 Å². The number of hydrogen-bond acceptors (Lipinski definition) is 4. The maximum atomic E-state index is 6.48. The fourth-order valence-electron chi connectivity index (χ4n) is 7.82. The summed E-state index contributed by atoms with van der Waals surface area (Å²) in [4.78, 5) is 15.5. The first-order valence-corrected chi connectivity index (χ1v) is 17.0. The van der Waals surface area contributed by atoms with E-state index in [0.29, 0.717) is 17.6 Å². The van der Waals surface area contributed by atoms with Crippen molar-refractivity contribution in [2.24, 2.45) is 0 Å². The van der Waals surface area contributed by atoms with Crippen LogP contribution in [0, 0.1) is 0 Å². The molecule has 11 aromatic rings. The van der Waals surface area contributed by atoms with Crippen LogP contribution in [0.15, 0.2) is 168 Å². The van der Waals surface area contributed by atoms with Gasteiger partial charge in [-0.05, 0) is 48.5 Å². The van der Waals surface area contributed by atoms with E-state index in [-0.39, 0.29) is 0 Å². The van der Waals surface area contributed by atoms with E-state index in [1.165, 1.54) is 10.8 Å². The summed E-state index contributed by atoms with van der Waals surface area (Å²) in [5.41, 5.74) is 8.92. The Morgan fingerprint density at radius 1 is 0.373 bits per heavy atom. The highest BCUT2D eigenvalue weighted by atomic mass is 16.3. The van der Waals surface area contributed by atoms with Crippen LogP contribution in [0.1, 0.15) is 0 Å². The second kappa shape index (κ2) is 10.7. The molecule has 0 atom stereocenters. The van der Waals surface area contributed by atoms with E-state index in [0.717, 1.165) is 71.6 Å². The molecular formula is C45H27N5O. The molecule has 7 aromatic carbocycles.